The minimum atomic E-state index is -0.405. The third-order valence-corrected chi connectivity index (χ3v) is 4.80. The van der Waals surface area contributed by atoms with Gasteiger partial charge in [0.2, 0.25) is 5.91 Å². The molecule has 0 aromatic heterocycles. The van der Waals surface area contributed by atoms with Gasteiger partial charge in [-0.1, -0.05) is 0 Å². The van der Waals surface area contributed by atoms with Gasteiger partial charge in [-0.25, -0.2) is 0 Å². The van der Waals surface area contributed by atoms with Gasteiger partial charge in [-0.2, -0.15) is 11.8 Å². The molecule has 0 radical (unpaired) electrons. The van der Waals surface area contributed by atoms with E-state index in [9.17, 15) is 4.79 Å². The zero-order chi connectivity index (χ0) is 13.8. The number of primary amides is 1. The third-order valence-electron chi connectivity index (χ3n) is 3.66. The lowest BCUT2D eigenvalue weighted by atomic mass is 10.1. The number of nitrogens with zero attached hydrogens (tertiary/aromatic N) is 1. The van der Waals surface area contributed by atoms with Gasteiger partial charge in [0.05, 0.1) is 11.4 Å². The fourth-order valence-corrected chi connectivity index (χ4v) is 3.26. The summed E-state index contributed by atoms with van der Waals surface area (Å²) in [5.74, 6) is -0.405. The molecule has 1 amide bonds. The van der Waals surface area contributed by atoms with Crippen molar-refractivity contribution in [2.45, 2.75) is 24.5 Å². The lowest BCUT2D eigenvalue weighted by Crippen LogP contribution is -2.26. The maximum absolute atomic E-state index is 11.3. The predicted octanol–water partition coefficient (Wildman–Crippen LogP) is 2.09. The van der Waals surface area contributed by atoms with Gasteiger partial charge >= 0.3 is 0 Å². The van der Waals surface area contributed by atoms with Crippen LogP contribution in [0, 0.1) is 0 Å². The Morgan fingerprint density at radius 3 is 2.84 bits per heavy atom. The summed E-state index contributed by atoms with van der Waals surface area (Å²) in [4.78, 5) is 13.5. The average molecular weight is 279 g/mol. The molecule has 19 heavy (non-hydrogen) atoms. The van der Waals surface area contributed by atoms with Crippen molar-refractivity contribution < 1.29 is 4.79 Å². The summed E-state index contributed by atoms with van der Waals surface area (Å²) >= 11 is 1.94. The van der Waals surface area contributed by atoms with Gasteiger partial charge in [0.1, 0.15) is 0 Å². The molecule has 0 bridgehead atoms. The van der Waals surface area contributed by atoms with Crippen molar-refractivity contribution in [1.82, 2.24) is 0 Å². The van der Waals surface area contributed by atoms with Crippen LogP contribution in [-0.2, 0) is 0 Å². The number of hydrogen-bond acceptors (Lipinski definition) is 4. The molecule has 1 fully saturated rings. The van der Waals surface area contributed by atoms with Crippen molar-refractivity contribution in [3.63, 3.8) is 0 Å². The van der Waals surface area contributed by atoms with Gasteiger partial charge in [0.25, 0.3) is 0 Å². The highest BCUT2D eigenvalue weighted by Crippen LogP contribution is 2.29. The molecule has 1 aromatic rings. The number of hydrogen-bond donors (Lipinski definition) is 2. The van der Waals surface area contributed by atoms with Crippen molar-refractivity contribution in [3.05, 3.63) is 23.8 Å². The minimum Gasteiger partial charge on any atom is -0.397 e. The molecule has 104 valence electrons. The van der Waals surface area contributed by atoms with Gasteiger partial charge in [0.15, 0.2) is 0 Å². The first-order valence-electron chi connectivity index (χ1n) is 6.59. The fourth-order valence-electron chi connectivity index (χ4n) is 2.51. The standard InChI is InChI=1S/C14H21N3OS/c1-19-11-3-2-7-17(8-6-11)13-9-10(14(16)18)4-5-12(13)15/h4-5,9,11H,2-3,6-8,15H2,1H3,(H2,16,18). The van der Waals surface area contributed by atoms with Crippen LogP contribution < -0.4 is 16.4 Å². The second-order valence-electron chi connectivity index (χ2n) is 4.91. The van der Waals surface area contributed by atoms with Gasteiger partial charge < -0.3 is 16.4 Å². The first kappa shape index (κ1) is 14.1. The Bertz CT molecular complexity index is 464. The van der Waals surface area contributed by atoms with E-state index in [1.165, 1.54) is 6.42 Å². The Kier molecular flexibility index (Phi) is 4.58. The van der Waals surface area contributed by atoms with E-state index < -0.39 is 5.91 Å². The Balaban J connectivity index is 2.20. The Labute approximate surface area is 118 Å². The van der Waals surface area contributed by atoms with Crippen LogP contribution in [-0.4, -0.2) is 30.5 Å². The number of carbonyl (C=O) groups excluding carboxylic acids is 1. The summed E-state index contributed by atoms with van der Waals surface area (Å²) in [7, 11) is 0. The molecule has 0 spiro atoms. The van der Waals surface area contributed by atoms with Crippen molar-refractivity contribution in [2.24, 2.45) is 5.73 Å². The van der Waals surface area contributed by atoms with E-state index in [1.54, 1.807) is 12.1 Å². The first-order valence-corrected chi connectivity index (χ1v) is 7.87. The van der Waals surface area contributed by atoms with Crippen LogP contribution in [0.25, 0.3) is 0 Å². The van der Waals surface area contributed by atoms with Crippen LogP contribution in [0.3, 0.4) is 0 Å². The van der Waals surface area contributed by atoms with Crippen molar-refractivity contribution in [2.75, 3.05) is 30.0 Å². The number of nitrogens with two attached hydrogens (primary N) is 2. The average Bonchev–Trinajstić information content (AvgIpc) is 2.64. The summed E-state index contributed by atoms with van der Waals surface area (Å²) in [5.41, 5.74) is 13.6. The second-order valence-corrected chi connectivity index (χ2v) is 6.05. The molecular weight excluding hydrogens is 258 g/mol. The zero-order valence-corrected chi connectivity index (χ0v) is 12.1. The summed E-state index contributed by atoms with van der Waals surface area (Å²) in [6.07, 6.45) is 5.72. The van der Waals surface area contributed by atoms with Crippen molar-refractivity contribution in [3.8, 4) is 0 Å². The Morgan fingerprint density at radius 2 is 2.16 bits per heavy atom. The molecule has 1 saturated heterocycles. The van der Waals surface area contributed by atoms with Crippen LogP contribution in [0.4, 0.5) is 11.4 Å². The van der Waals surface area contributed by atoms with Crippen LogP contribution in [0.1, 0.15) is 29.6 Å². The molecule has 0 aliphatic carbocycles. The van der Waals surface area contributed by atoms with Crippen LogP contribution in [0.5, 0.6) is 0 Å². The normalized spacial score (nSPS) is 20.1. The van der Waals surface area contributed by atoms with E-state index in [0.29, 0.717) is 11.3 Å². The molecule has 0 saturated carbocycles. The third kappa shape index (κ3) is 3.35. The van der Waals surface area contributed by atoms with Crippen LogP contribution in [0.2, 0.25) is 0 Å². The summed E-state index contributed by atoms with van der Waals surface area (Å²) < 4.78 is 0. The Hall–Kier alpha value is -1.36. The van der Waals surface area contributed by atoms with Gasteiger partial charge in [-0.15, -0.1) is 0 Å². The number of nitrogen functional groups attached to an aromatic ring is 1. The predicted molar refractivity (Wildman–Crippen MR) is 82.7 cm³/mol. The maximum atomic E-state index is 11.3. The van der Waals surface area contributed by atoms with Crippen LogP contribution in [0.15, 0.2) is 18.2 Å². The fraction of sp³-hybridized carbons (Fsp3) is 0.500. The summed E-state index contributed by atoms with van der Waals surface area (Å²) in [6, 6.07) is 5.27. The molecule has 4 N–H and O–H groups in total. The van der Waals surface area contributed by atoms with E-state index in [2.05, 4.69) is 11.2 Å². The number of thioether (sulfide) groups is 1. The molecule has 1 aromatic carbocycles. The number of amides is 1. The first-order chi connectivity index (χ1) is 9.11. The molecule has 5 heteroatoms. The molecule has 1 aliphatic rings. The number of rotatable bonds is 3. The lowest BCUT2D eigenvalue weighted by Gasteiger charge is -2.24. The zero-order valence-electron chi connectivity index (χ0n) is 11.3. The smallest absolute Gasteiger partial charge is 0.248 e. The molecule has 1 heterocycles. The van der Waals surface area contributed by atoms with E-state index >= 15 is 0 Å². The van der Waals surface area contributed by atoms with Crippen molar-refractivity contribution in [1.29, 1.82) is 0 Å². The van der Waals surface area contributed by atoms with Crippen LogP contribution >= 0.6 is 11.8 Å². The molecular formula is C14H21N3OS. The molecule has 1 unspecified atom stereocenters. The highest BCUT2D eigenvalue weighted by molar-refractivity contribution is 7.99. The van der Waals surface area contributed by atoms with Gasteiger partial charge in [-0.05, 0) is 43.7 Å². The van der Waals surface area contributed by atoms with E-state index in [4.69, 9.17) is 11.5 Å². The largest absolute Gasteiger partial charge is 0.397 e. The SMILES string of the molecule is CSC1CCCN(c2cc(C(N)=O)ccc2N)CC1. The number of benzene rings is 1. The summed E-state index contributed by atoms with van der Waals surface area (Å²) in [5, 5.41) is 0.727. The molecule has 2 rings (SSSR count). The van der Waals surface area contributed by atoms with Gasteiger partial charge in [0, 0.05) is 23.9 Å². The monoisotopic (exact) mass is 279 g/mol. The molecule has 1 aliphatic heterocycles. The molecule has 4 nitrogen and oxygen atoms in total. The quantitative estimate of drug-likeness (QED) is 0.831. The topological polar surface area (TPSA) is 72.3 Å². The highest BCUT2D eigenvalue weighted by Gasteiger charge is 2.18. The minimum absolute atomic E-state index is 0.405. The van der Waals surface area contributed by atoms with Crippen molar-refractivity contribution >= 4 is 29.0 Å². The lowest BCUT2D eigenvalue weighted by molar-refractivity contribution is 0.100. The summed E-state index contributed by atoms with van der Waals surface area (Å²) in [6.45, 7) is 1.97. The number of anilines is 2. The number of carbonyl (C=O) groups is 1. The second kappa shape index (κ2) is 6.19. The van der Waals surface area contributed by atoms with E-state index in [-0.39, 0.29) is 0 Å². The highest BCUT2D eigenvalue weighted by atomic mass is 32.2. The molecule has 1 atom stereocenters. The Morgan fingerprint density at radius 1 is 1.37 bits per heavy atom. The van der Waals surface area contributed by atoms with Gasteiger partial charge in [-0.3, -0.25) is 4.79 Å². The maximum Gasteiger partial charge on any atom is 0.248 e. The van der Waals surface area contributed by atoms with E-state index in [1.807, 2.05) is 17.8 Å². The van der Waals surface area contributed by atoms with E-state index in [0.717, 1.165) is 36.9 Å².